The number of aliphatic hydroxyl groups is 1. The molecule has 4 nitrogen and oxygen atoms in total. The monoisotopic (exact) mass is 259 g/mol. The van der Waals surface area contributed by atoms with Crippen LogP contribution in [-0.4, -0.2) is 37.2 Å². The van der Waals surface area contributed by atoms with Gasteiger partial charge in [-0.25, -0.2) is 12.8 Å². The molecular formula is C11H14FNO3S. The topological polar surface area (TPSA) is 66.4 Å². The van der Waals surface area contributed by atoms with Crippen molar-refractivity contribution in [3.63, 3.8) is 0 Å². The van der Waals surface area contributed by atoms with Crippen LogP contribution in [0.2, 0.25) is 0 Å². The fourth-order valence-electron chi connectivity index (χ4n) is 1.92. The first-order valence-corrected chi connectivity index (χ1v) is 7.11. The Morgan fingerprint density at radius 1 is 1.41 bits per heavy atom. The van der Waals surface area contributed by atoms with Gasteiger partial charge in [-0.3, -0.25) is 0 Å². The molecule has 0 aliphatic carbocycles. The molecule has 0 amide bonds. The first-order chi connectivity index (χ1) is 7.87. The lowest BCUT2D eigenvalue weighted by atomic mass is 10.1. The third-order valence-corrected chi connectivity index (χ3v) is 4.50. The fourth-order valence-corrected chi connectivity index (χ4v) is 3.66. The number of halogens is 1. The molecule has 17 heavy (non-hydrogen) atoms. The van der Waals surface area contributed by atoms with Gasteiger partial charge in [-0.05, 0) is 24.6 Å². The molecule has 6 heteroatoms. The Labute approximate surface area is 99.4 Å². The lowest BCUT2D eigenvalue weighted by molar-refractivity contribution is 0.190. The number of rotatable bonds is 2. The summed E-state index contributed by atoms with van der Waals surface area (Å²) in [5.41, 5.74) is 1.09. The average molecular weight is 259 g/mol. The number of benzene rings is 1. The lowest BCUT2D eigenvalue weighted by Crippen LogP contribution is -2.32. The maximum Gasteiger partial charge on any atom is 0.155 e. The minimum atomic E-state index is -3.22. The van der Waals surface area contributed by atoms with E-state index in [-0.39, 0.29) is 17.2 Å². The van der Waals surface area contributed by atoms with Crippen molar-refractivity contribution in [3.05, 3.63) is 29.6 Å². The number of sulfone groups is 1. The normalized spacial score (nSPS) is 27.0. The zero-order chi connectivity index (χ0) is 12.6. The molecule has 1 aromatic carbocycles. The first kappa shape index (κ1) is 12.3. The van der Waals surface area contributed by atoms with Crippen LogP contribution in [0.4, 0.5) is 10.1 Å². The van der Waals surface area contributed by atoms with E-state index in [1.54, 1.807) is 12.1 Å². The van der Waals surface area contributed by atoms with E-state index < -0.39 is 27.8 Å². The van der Waals surface area contributed by atoms with Gasteiger partial charge >= 0.3 is 0 Å². The van der Waals surface area contributed by atoms with Gasteiger partial charge in [-0.2, -0.15) is 0 Å². The molecule has 1 saturated heterocycles. The Balaban J connectivity index is 2.19. The molecule has 1 aromatic rings. The van der Waals surface area contributed by atoms with E-state index >= 15 is 0 Å². The number of anilines is 1. The zero-order valence-corrected chi connectivity index (χ0v) is 10.2. The highest BCUT2D eigenvalue weighted by molar-refractivity contribution is 7.91. The maximum atomic E-state index is 13.4. The molecule has 94 valence electrons. The molecule has 0 spiro atoms. The summed E-state index contributed by atoms with van der Waals surface area (Å²) in [7, 11) is -3.22. The van der Waals surface area contributed by atoms with Gasteiger partial charge in [0, 0.05) is 0 Å². The Morgan fingerprint density at radius 2 is 2.12 bits per heavy atom. The molecule has 2 rings (SSSR count). The summed E-state index contributed by atoms with van der Waals surface area (Å²) in [6, 6.07) is 3.89. The van der Waals surface area contributed by atoms with Crippen LogP contribution < -0.4 is 5.32 Å². The van der Waals surface area contributed by atoms with Gasteiger partial charge in [0.2, 0.25) is 0 Å². The van der Waals surface area contributed by atoms with Crippen LogP contribution in [0.1, 0.15) is 5.56 Å². The molecule has 2 atom stereocenters. The smallest absolute Gasteiger partial charge is 0.155 e. The van der Waals surface area contributed by atoms with Crippen molar-refractivity contribution in [2.24, 2.45) is 0 Å². The molecule has 0 radical (unpaired) electrons. The second-order valence-corrected chi connectivity index (χ2v) is 6.53. The quantitative estimate of drug-likeness (QED) is 0.820. The largest absolute Gasteiger partial charge is 0.390 e. The summed E-state index contributed by atoms with van der Waals surface area (Å²) in [5.74, 6) is -0.883. The van der Waals surface area contributed by atoms with E-state index in [9.17, 15) is 17.9 Å². The van der Waals surface area contributed by atoms with Crippen molar-refractivity contribution in [2.45, 2.75) is 19.1 Å². The molecule has 0 bridgehead atoms. The third-order valence-electron chi connectivity index (χ3n) is 2.79. The van der Waals surface area contributed by atoms with Crippen LogP contribution in [0.5, 0.6) is 0 Å². The van der Waals surface area contributed by atoms with Gasteiger partial charge in [-0.15, -0.1) is 0 Å². The molecule has 1 heterocycles. The highest BCUT2D eigenvalue weighted by Crippen LogP contribution is 2.21. The minimum absolute atomic E-state index is 0.165. The van der Waals surface area contributed by atoms with Crippen LogP contribution in [0.25, 0.3) is 0 Å². The van der Waals surface area contributed by atoms with Crippen LogP contribution in [0.3, 0.4) is 0 Å². The molecule has 0 saturated carbocycles. The second kappa shape index (κ2) is 4.27. The van der Waals surface area contributed by atoms with E-state index in [0.717, 1.165) is 5.56 Å². The first-order valence-electron chi connectivity index (χ1n) is 5.28. The molecule has 0 aromatic heterocycles. The molecule has 2 unspecified atom stereocenters. The van der Waals surface area contributed by atoms with E-state index in [2.05, 4.69) is 5.32 Å². The molecule has 1 aliphatic heterocycles. The van der Waals surface area contributed by atoms with Gasteiger partial charge in [0.15, 0.2) is 9.84 Å². The van der Waals surface area contributed by atoms with Gasteiger partial charge in [0.1, 0.15) is 5.82 Å². The SMILES string of the molecule is Cc1ccc(F)c(NC2CS(=O)(=O)CC2O)c1. The molecular weight excluding hydrogens is 245 g/mol. The van der Waals surface area contributed by atoms with Crippen molar-refractivity contribution in [1.29, 1.82) is 0 Å². The zero-order valence-electron chi connectivity index (χ0n) is 9.35. The van der Waals surface area contributed by atoms with E-state index in [0.29, 0.717) is 0 Å². The van der Waals surface area contributed by atoms with Crippen LogP contribution >= 0.6 is 0 Å². The van der Waals surface area contributed by atoms with Crippen LogP contribution in [-0.2, 0) is 9.84 Å². The summed E-state index contributed by atoms with van der Waals surface area (Å²) < 4.78 is 36.0. The highest BCUT2D eigenvalue weighted by atomic mass is 32.2. The van der Waals surface area contributed by atoms with Crippen molar-refractivity contribution < 1.29 is 17.9 Å². The highest BCUT2D eigenvalue weighted by Gasteiger charge is 2.36. The van der Waals surface area contributed by atoms with Crippen molar-refractivity contribution in [1.82, 2.24) is 0 Å². The van der Waals surface area contributed by atoms with E-state index in [1.165, 1.54) is 6.07 Å². The van der Waals surface area contributed by atoms with E-state index in [4.69, 9.17) is 0 Å². The number of hydrogen-bond donors (Lipinski definition) is 2. The molecule has 1 aliphatic rings. The number of hydrogen-bond acceptors (Lipinski definition) is 4. The summed E-state index contributed by atoms with van der Waals surface area (Å²) in [6.07, 6.45) is -0.986. The summed E-state index contributed by atoms with van der Waals surface area (Å²) >= 11 is 0. The number of nitrogens with one attached hydrogen (secondary N) is 1. The number of aliphatic hydroxyl groups excluding tert-OH is 1. The summed E-state index contributed by atoms with van der Waals surface area (Å²) in [6.45, 7) is 1.81. The van der Waals surface area contributed by atoms with Crippen molar-refractivity contribution >= 4 is 15.5 Å². The maximum absolute atomic E-state index is 13.4. The van der Waals surface area contributed by atoms with Crippen LogP contribution in [0, 0.1) is 12.7 Å². The Bertz CT molecular complexity index is 530. The lowest BCUT2D eigenvalue weighted by Gasteiger charge is -2.17. The number of aryl methyl sites for hydroxylation is 1. The molecule has 1 fully saturated rings. The summed E-state index contributed by atoms with van der Waals surface area (Å²) in [5, 5.41) is 12.3. The van der Waals surface area contributed by atoms with Crippen molar-refractivity contribution in [3.8, 4) is 0 Å². The van der Waals surface area contributed by atoms with Gasteiger partial charge in [-0.1, -0.05) is 6.07 Å². The summed E-state index contributed by atoms with van der Waals surface area (Å²) in [4.78, 5) is 0. The Morgan fingerprint density at radius 3 is 2.71 bits per heavy atom. The van der Waals surface area contributed by atoms with Gasteiger partial charge in [0.25, 0.3) is 0 Å². The Kier molecular flexibility index (Phi) is 3.09. The average Bonchev–Trinajstić information content (AvgIpc) is 2.46. The second-order valence-electron chi connectivity index (χ2n) is 4.38. The van der Waals surface area contributed by atoms with E-state index in [1.807, 2.05) is 6.92 Å². The molecule has 2 N–H and O–H groups in total. The van der Waals surface area contributed by atoms with Gasteiger partial charge in [0.05, 0.1) is 29.3 Å². The van der Waals surface area contributed by atoms with Crippen LogP contribution in [0.15, 0.2) is 18.2 Å². The predicted molar refractivity (Wildman–Crippen MR) is 63.2 cm³/mol. The predicted octanol–water partition coefficient (Wildman–Crippen LogP) is 0.704. The Hall–Kier alpha value is -1.14. The minimum Gasteiger partial charge on any atom is -0.390 e. The van der Waals surface area contributed by atoms with Gasteiger partial charge < -0.3 is 10.4 Å². The third kappa shape index (κ3) is 2.76. The fraction of sp³-hybridized carbons (Fsp3) is 0.455. The standard InChI is InChI=1S/C11H14FNO3S/c1-7-2-3-8(12)9(4-7)13-10-5-17(15,16)6-11(10)14/h2-4,10-11,13-14H,5-6H2,1H3. The van der Waals surface area contributed by atoms with Crippen molar-refractivity contribution in [2.75, 3.05) is 16.8 Å².